The van der Waals surface area contributed by atoms with Gasteiger partial charge in [-0.25, -0.2) is 9.78 Å². The third kappa shape index (κ3) is 4.08. The molecule has 182 valence electrons. The Hall–Kier alpha value is -3.22. The van der Waals surface area contributed by atoms with Gasteiger partial charge >= 0.3 is 18.4 Å². The predicted octanol–water partition coefficient (Wildman–Crippen LogP) is 4.54. The summed E-state index contributed by atoms with van der Waals surface area (Å²) >= 11 is 0. The number of fused-ring (bicyclic) bond motifs is 1. The molecule has 0 aromatic carbocycles. The quantitative estimate of drug-likeness (QED) is 0.614. The molecule has 2 aromatic heterocycles. The Morgan fingerprint density at radius 1 is 1.24 bits per heavy atom. The molecule has 0 saturated carbocycles. The molecular weight excluding hydrogens is 470 g/mol. The van der Waals surface area contributed by atoms with Gasteiger partial charge in [-0.1, -0.05) is 6.92 Å². The number of carbonyl (C=O) groups excluding carboxylic acids is 2. The summed E-state index contributed by atoms with van der Waals surface area (Å²) in [6, 6.07) is 2.43. The van der Waals surface area contributed by atoms with Crippen LogP contribution < -0.4 is 10.6 Å². The zero-order chi connectivity index (χ0) is 24.9. The van der Waals surface area contributed by atoms with Crippen molar-refractivity contribution in [2.75, 3.05) is 18.4 Å². The van der Waals surface area contributed by atoms with Crippen LogP contribution in [-0.4, -0.2) is 41.1 Å². The first-order chi connectivity index (χ1) is 15.9. The van der Waals surface area contributed by atoms with E-state index in [9.17, 15) is 35.9 Å². The fourth-order valence-corrected chi connectivity index (χ4v) is 4.29. The van der Waals surface area contributed by atoms with Crippen molar-refractivity contribution in [2.45, 2.75) is 43.6 Å². The van der Waals surface area contributed by atoms with E-state index in [0.29, 0.717) is 12.6 Å². The summed E-state index contributed by atoms with van der Waals surface area (Å²) in [7, 11) is 0. The molecular formula is C21H18F6N4O3. The number of amides is 1. The van der Waals surface area contributed by atoms with E-state index in [4.69, 9.17) is 0 Å². The number of nitrogens with one attached hydrogen (secondary N) is 2. The molecule has 1 fully saturated rings. The first-order valence-electron chi connectivity index (χ1n) is 10.2. The normalized spacial score (nSPS) is 22.7. The van der Waals surface area contributed by atoms with Gasteiger partial charge in [-0.2, -0.15) is 26.3 Å². The fourth-order valence-electron chi connectivity index (χ4n) is 4.29. The molecule has 0 bridgehead atoms. The van der Waals surface area contributed by atoms with Crippen LogP contribution in [0.5, 0.6) is 0 Å². The molecule has 4 heterocycles. The van der Waals surface area contributed by atoms with E-state index in [1.807, 2.05) is 5.32 Å². The van der Waals surface area contributed by atoms with E-state index >= 15 is 0 Å². The number of hydrogen-bond acceptors (Lipinski definition) is 6. The van der Waals surface area contributed by atoms with E-state index < -0.39 is 52.6 Å². The van der Waals surface area contributed by atoms with Crippen molar-refractivity contribution >= 4 is 17.7 Å². The Labute approximate surface area is 188 Å². The van der Waals surface area contributed by atoms with Gasteiger partial charge in [0.2, 0.25) is 6.10 Å². The summed E-state index contributed by atoms with van der Waals surface area (Å²) in [5, 5.41) is 4.99. The number of ether oxygens (including phenoxy) is 1. The summed E-state index contributed by atoms with van der Waals surface area (Å²) in [5.74, 6) is -0.838. The molecule has 2 aliphatic heterocycles. The summed E-state index contributed by atoms with van der Waals surface area (Å²) < 4.78 is 87.0. The molecule has 7 nitrogen and oxygen atoms in total. The van der Waals surface area contributed by atoms with Crippen LogP contribution in [0.2, 0.25) is 0 Å². The molecule has 2 aromatic rings. The van der Waals surface area contributed by atoms with Gasteiger partial charge in [0.1, 0.15) is 11.6 Å². The molecule has 2 aliphatic rings. The number of rotatable bonds is 4. The topological polar surface area (TPSA) is 93.2 Å². The van der Waals surface area contributed by atoms with Crippen molar-refractivity contribution in [3.05, 3.63) is 41.2 Å². The van der Waals surface area contributed by atoms with E-state index in [1.54, 1.807) is 6.92 Å². The highest BCUT2D eigenvalue weighted by Gasteiger charge is 2.50. The molecule has 13 heteroatoms. The lowest BCUT2D eigenvalue weighted by atomic mass is 9.77. The van der Waals surface area contributed by atoms with E-state index in [0.717, 1.165) is 18.3 Å². The zero-order valence-corrected chi connectivity index (χ0v) is 17.6. The Bertz CT molecular complexity index is 1140. The maximum absolute atomic E-state index is 13.8. The smallest absolute Gasteiger partial charge is 0.430 e. The molecule has 0 spiro atoms. The highest BCUT2D eigenvalue weighted by atomic mass is 19.4. The van der Waals surface area contributed by atoms with Crippen LogP contribution in [0.3, 0.4) is 0 Å². The first kappa shape index (κ1) is 23.9. The van der Waals surface area contributed by atoms with Crippen LogP contribution in [0.25, 0.3) is 11.3 Å². The van der Waals surface area contributed by atoms with Crippen molar-refractivity contribution in [3.63, 3.8) is 0 Å². The third-order valence-electron chi connectivity index (χ3n) is 5.92. The van der Waals surface area contributed by atoms with Gasteiger partial charge in [0, 0.05) is 24.7 Å². The average Bonchev–Trinajstić information content (AvgIpc) is 3.27. The highest BCUT2D eigenvalue weighted by molar-refractivity contribution is 5.91. The van der Waals surface area contributed by atoms with Gasteiger partial charge in [0.15, 0.2) is 0 Å². The lowest BCUT2D eigenvalue weighted by Crippen LogP contribution is -2.39. The maximum atomic E-state index is 13.8. The van der Waals surface area contributed by atoms with Crippen molar-refractivity contribution in [1.29, 1.82) is 0 Å². The van der Waals surface area contributed by atoms with Crippen molar-refractivity contribution in [3.8, 4) is 11.3 Å². The minimum atomic E-state index is -5.07. The van der Waals surface area contributed by atoms with Crippen molar-refractivity contribution < 1.29 is 40.7 Å². The zero-order valence-electron chi connectivity index (χ0n) is 17.6. The Kier molecular flexibility index (Phi) is 5.78. The number of cyclic esters (lactones) is 1. The summed E-state index contributed by atoms with van der Waals surface area (Å²) in [6.45, 7) is 1.98. The minimum absolute atomic E-state index is 0.0373. The van der Waals surface area contributed by atoms with Gasteiger partial charge in [0.05, 0.1) is 27.9 Å². The van der Waals surface area contributed by atoms with E-state index in [-0.39, 0.29) is 36.4 Å². The molecule has 2 N–H and O–H groups in total. The lowest BCUT2D eigenvalue weighted by molar-refractivity contribution is -0.206. The van der Waals surface area contributed by atoms with Gasteiger partial charge in [-0.05, 0) is 31.2 Å². The van der Waals surface area contributed by atoms with Crippen LogP contribution >= 0.6 is 0 Å². The van der Waals surface area contributed by atoms with Crippen LogP contribution in [0.4, 0.5) is 37.0 Å². The number of aromatic nitrogens is 2. The van der Waals surface area contributed by atoms with Gasteiger partial charge in [0.25, 0.3) is 0 Å². The van der Waals surface area contributed by atoms with Crippen molar-refractivity contribution in [1.82, 2.24) is 15.3 Å². The van der Waals surface area contributed by atoms with Gasteiger partial charge in [-0.15, -0.1) is 0 Å². The molecule has 0 radical (unpaired) electrons. The number of nitrogens with zero attached hydrogens (tertiary/aromatic N) is 2. The Morgan fingerprint density at radius 2 is 1.97 bits per heavy atom. The number of anilines is 1. The Morgan fingerprint density at radius 3 is 2.56 bits per heavy atom. The second-order valence-corrected chi connectivity index (χ2v) is 7.98. The SMILES string of the molecule is CCC(=O)C1(c2cc(C(F)(F)F)cc(-c3ccnc4c3[C@H](C(F)(F)F)OC(=O)N4)n2)CCNC1. The standard InChI is InChI=1S/C21H18F6N4O3/c1-2-14(32)19(4-6-28-9-19)13-8-10(20(22,23)24)7-12(30-13)11-3-5-29-17-15(11)16(21(25,26)27)34-18(33)31-17/h3,5,7-8,16,28H,2,4,6,9H2,1H3,(H,29,31,33)/t16-,19?/m1/s1. The maximum Gasteiger partial charge on any atom is 0.430 e. The number of carbonyl (C=O) groups is 2. The predicted molar refractivity (Wildman–Crippen MR) is 106 cm³/mol. The summed E-state index contributed by atoms with van der Waals surface area (Å²) in [5.41, 5.74) is -4.20. The second kappa shape index (κ2) is 8.22. The molecule has 34 heavy (non-hydrogen) atoms. The number of pyridine rings is 2. The lowest BCUT2D eigenvalue weighted by Gasteiger charge is -2.30. The second-order valence-electron chi connectivity index (χ2n) is 7.98. The first-order valence-corrected chi connectivity index (χ1v) is 10.2. The van der Waals surface area contributed by atoms with Crippen LogP contribution in [0.1, 0.15) is 42.7 Å². The highest BCUT2D eigenvalue weighted by Crippen LogP contribution is 2.46. The van der Waals surface area contributed by atoms with E-state index in [2.05, 4.69) is 20.0 Å². The van der Waals surface area contributed by atoms with Crippen LogP contribution in [-0.2, 0) is 21.1 Å². The third-order valence-corrected chi connectivity index (χ3v) is 5.92. The summed E-state index contributed by atoms with van der Waals surface area (Å²) in [4.78, 5) is 32.4. The van der Waals surface area contributed by atoms with Crippen LogP contribution in [0, 0.1) is 0 Å². The molecule has 4 rings (SSSR count). The molecule has 1 saturated heterocycles. The fraction of sp³-hybridized carbons (Fsp3) is 0.429. The number of Topliss-reactive ketones (excluding diaryl/α,β-unsaturated/α-hetero) is 1. The number of ketones is 1. The van der Waals surface area contributed by atoms with Crippen molar-refractivity contribution in [2.24, 2.45) is 0 Å². The Balaban J connectivity index is 1.99. The van der Waals surface area contributed by atoms with Crippen LogP contribution in [0.15, 0.2) is 24.4 Å². The monoisotopic (exact) mass is 488 g/mol. The van der Waals surface area contributed by atoms with Gasteiger partial charge < -0.3 is 10.1 Å². The number of hydrogen-bond donors (Lipinski definition) is 2. The number of halogens is 6. The molecule has 1 unspecified atom stereocenters. The van der Waals surface area contributed by atoms with E-state index in [1.165, 1.54) is 0 Å². The minimum Gasteiger partial charge on any atom is -0.431 e. The van der Waals surface area contributed by atoms with Gasteiger partial charge in [-0.3, -0.25) is 15.1 Å². The summed E-state index contributed by atoms with van der Waals surface area (Å²) in [6.07, 6.45) is -12.8. The average molecular weight is 488 g/mol. The molecule has 2 atom stereocenters. The molecule has 1 amide bonds. The molecule has 0 aliphatic carbocycles. The largest absolute Gasteiger partial charge is 0.431 e. The number of alkyl halides is 6.